The van der Waals surface area contributed by atoms with Crippen LogP contribution in [0.5, 0.6) is 0 Å². The van der Waals surface area contributed by atoms with Crippen molar-refractivity contribution in [2.75, 3.05) is 31.1 Å². The predicted molar refractivity (Wildman–Crippen MR) is 113 cm³/mol. The number of carboxylic acid groups (broad SMARTS) is 2. The molecule has 3 heterocycles. The molecular weight excluding hydrogens is 398 g/mol. The fourth-order valence-electron chi connectivity index (χ4n) is 4.18. The number of aliphatic carboxylic acids is 2. The van der Waals surface area contributed by atoms with E-state index in [1.54, 1.807) is 41.2 Å². The first kappa shape index (κ1) is 20.4. The molecule has 1 atom stereocenters. The highest BCUT2D eigenvalue weighted by molar-refractivity contribution is 5.90. The summed E-state index contributed by atoms with van der Waals surface area (Å²) >= 11 is 0. The number of benzene rings is 1. The summed E-state index contributed by atoms with van der Waals surface area (Å²) in [6.45, 7) is 1.76. The molecule has 2 aromatic heterocycles. The summed E-state index contributed by atoms with van der Waals surface area (Å²) in [5, 5.41) is 29.3. The molecule has 0 aliphatic carbocycles. The lowest BCUT2D eigenvalue weighted by molar-refractivity contribution is -0.143. The molecule has 1 aromatic carbocycles. The second kappa shape index (κ2) is 8.45. The summed E-state index contributed by atoms with van der Waals surface area (Å²) in [5.74, 6) is -1.37. The molecule has 0 radical (unpaired) electrons. The number of para-hydroxylation sites is 1. The molecule has 1 unspecified atom stereocenters. The molecule has 1 aliphatic heterocycles. The van der Waals surface area contributed by atoms with Gasteiger partial charge in [0.25, 0.3) is 0 Å². The number of hydrogen-bond acceptors (Lipinski definition) is 6. The molecule has 9 heteroatoms. The molecule has 31 heavy (non-hydrogen) atoms. The molecule has 0 bridgehead atoms. The molecule has 2 N–H and O–H groups in total. The van der Waals surface area contributed by atoms with Crippen LogP contribution in [0.2, 0.25) is 0 Å². The van der Waals surface area contributed by atoms with Crippen molar-refractivity contribution >= 4 is 28.7 Å². The van der Waals surface area contributed by atoms with Gasteiger partial charge in [0.05, 0.1) is 5.56 Å². The van der Waals surface area contributed by atoms with Gasteiger partial charge in [-0.05, 0) is 18.2 Å². The van der Waals surface area contributed by atoms with Gasteiger partial charge in [0.15, 0.2) is 0 Å². The highest BCUT2D eigenvalue weighted by Crippen LogP contribution is 2.32. The van der Waals surface area contributed by atoms with Gasteiger partial charge >= 0.3 is 11.9 Å². The lowest BCUT2D eigenvalue weighted by atomic mass is 10.0. The second-order valence-corrected chi connectivity index (χ2v) is 7.37. The van der Waals surface area contributed by atoms with Crippen LogP contribution in [0.4, 0.5) is 5.82 Å². The van der Waals surface area contributed by atoms with Crippen molar-refractivity contribution < 1.29 is 19.8 Å². The van der Waals surface area contributed by atoms with E-state index < -0.39 is 18.0 Å². The molecule has 0 spiro atoms. The Hall–Kier alpha value is -3.90. The summed E-state index contributed by atoms with van der Waals surface area (Å²) in [5.41, 5.74) is 1.76. The fraction of sp³-hybridized carbons (Fsp3) is 0.273. The van der Waals surface area contributed by atoms with Crippen molar-refractivity contribution in [3.8, 4) is 6.07 Å². The first-order chi connectivity index (χ1) is 15.0. The van der Waals surface area contributed by atoms with Crippen LogP contribution in [0.3, 0.4) is 0 Å². The van der Waals surface area contributed by atoms with E-state index in [0.717, 1.165) is 5.39 Å². The average Bonchev–Trinajstić information content (AvgIpc) is 3.11. The van der Waals surface area contributed by atoms with Gasteiger partial charge in [0.1, 0.15) is 24.5 Å². The minimum absolute atomic E-state index is 0.239. The molecule has 9 nitrogen and oxygen atoms in total. The number of aromatic nitrogens is 2. The standard InChI is InChI=1S/C22H21N5O4/c23-12-15-4-3-7-24-21(15)26-10-8-25(9-11-26)20(22(30)31)17-13-27(14-19(28)29)18-6-2-1-5-16(17)18/h1-7,13,20H,8-11,14H2,(H,28,29)(H,30,31). The van der Waals surface area contributed by atoms with Gasteiger partial charge in [-0.15, -0.1) is 0 Å². The molecule has 1 saturated heterocycles. The van der Waals surface area contributed by atoms with Crippen LogP contribution in [0.1, 0.15) is 17.2 Å². The average molecular weight is 419 g/mol. The van der Waals surface area contributed by atoms with E-state index in [1.165, 1.54) is 0 Å². The number of nitriles is 1. The van der Waals surface area contributed by atoms with Crippen molar-refractivity contribution in [3.05, 3.63) is 59.9 Å². The number of carboxylic acids is 2. The van der Waals surface area contributed by atoms with Crippen molar-refractivity contribution in [2.24, 2.45) is 0 Å². The third-order valence-corrected chi connectivity index (χ3v) is 5.54. The zero-order chi connectivity index (χ0) is 22.0. The summed E-state index contributed by atoms with van der Waals surface area (Å²) in [4.78, 5) is 31.7. The summed E-state index contributed by atoms with van der Waals surface area (Å²) in [6, 6.07) is 11.9. The van der Waals surface area contributed by atoms with Crippen LogP contribution >= 0.6 is 0 Å². The fourth-order valence-corrected chi connectivity index (χ4v) is 4.18. The van der Waals surface area contributed by atoms with Crippen molar-refractivity contribution in [1.82, 2.24) is 14.5 Å². The maximum absolute atomic E-state index is 12.3. The summed E-state index contributed by atoms with van der Waals surface area (Å²) < 4.78 is 1.58. The Bertz CT molecular complexity index is 1170. The topological polar surface area (TPSA) is 123 Å². The minimum atomic E-state index is -0.989. The Morgan fingerprint density at radius 3 is 2.52 bits per heavy atom. The van der Waals surface area contributed by atoms with Crippen LogP contribution in [0, 0.1) is 11.3 Å². The number of piperazine rings is 1. The Kier molecular flexibility index (Phi) is 5.56. The highest BCUT2D eigenvalue weighted by Gasteiger charge is 2.33. The number of rotatable bonds is 6. The van der Waals surface area contributed by atoms with E-state index in [2.05, 4.69) is 11.1 Å². The van der Waals surface area contributed by atoms with Crippen LogP contribution in [-0.2, 0) is 16.1 Å². The molecule has 4 rings (SSSR count). The quantitative estimate of drug-likeness (QED) is 0.621. The molecule has 1 aliphatic rings. The SMILES string of the molecule is N#Cc1cccnc1N1CCN(C(C(=O)O)c2cn(CC(=O)O)c3ccccc23)CC1. The monoisotopic (exact) mass is 419 g/mol. The number of hydrogen-bond donors (Lipinski definition) is 2. The van der Waals surface area contributed by atoms with E-state index in [4.69, 9.17) is 0 Å². The van der Waals surface area contributed by atoms with E-state index in [9.17, 15) is 25.1 Å². The Balaban J connectivity index is 1.62. The Labute approximate surface area is 178 Å². The summed E-state index contributed by atoms with van der Waals surface area (Å²) in [6.07, 6.45) is 3.27. The largest absolute Gasteiger partial charge is 0.480 e. The minimum Gasteiger partial charge on any atom is -0.480 e. The zero-order valence-electron chi connectivity index (χ0n) is 16.7. The van der Waals surface area contributed by atoms with Gasteiger partial charge < -0.3 is 19.7 Å². The Morgan fingerprint density at radius 2 is 1.84 bits per heavy atom. The van der Waals surface area contributed by atoms with Crippen LogP contribution < -0.4 is 4.90 Å². The predicted octanol–water partition coefficient (Wildman–Crippen LogP) is 1.94. The number of nitrogens with zero attached hydrogens (tertiary/aromatic N) is 5. The van der Waals surface area contributed by atoms with Gasteiger partial charge in [-0.2, -0.15) is 5.26 Å². The van der Waals surface area contributed by atoms with Crippen molar-refractivity contribution in [2.45, 2.75) is 12.6 Å². The van der Waals surface area contributed by atoms with Gasteiger partial charge in [0.2, 0.25) is 0 Å². The molecular formula is C22H21N5O4. The lowest BCUT2D eigenvalue weighted by Crippen LogP contribution is -2.49. The molecule has 0 amide bonds. The first-order valence-electron chi connectivity index (χ1n) is 9.86. The molecule has 3 aromatic rings. The lowest BCUT2D eigenvalue weighted by Gasteiger charge is -2.38. The number of anilines is 1. The highest BCUT2D eigenvalue weighted by atomic mass is 16.4. The second-order valence-electron chi connectivity index (χ2n) is 7.37. The van der Waals surface area contributed by atoms with E-state index in [1.807, 2.05) is 21.9 Å². The van der Waals surface area contributed by atoms with Gasteiger partial charge in [-0.3, -0.25) is 14.5 Å². The van der Waals surface area contributed by atoms with Gasteiger partial charge in [0, 0.05) is 55.0 Å². The van der Waals surface area contributed by atoms with E-state index in [-0.39, 0.29) is 6.54 Å². The molecule has 0 saturated carbocycles. The van der Waals surface area contributed by atoms with Crippen LogP contribution in [0.15, 0.2) is 48.8 Å². The first-order valence-corrected chi connectivity index (χ1v) is 9.86. The Morgan fingerprint density at radius 1 is 1.10 bits per heavy atom. The van der Waals surface area contributed by atoms with E-state index in [0.29, 0.717) is 48.6 Å². The number of carbonyl (C=O) groups is 2. The maximum Gasteiger partial charge on any atom is 0.325 e. The molecule has 1 fully saturated rings. The van der Waals surface area contributed by atoms with Gasteiger partial charge in [-0.1, -0.05) is 18.2 Å². The third-order valence-electron chi connectivity index (χ3n) is 5.54. The van der Waals surface area contributed by atoms with E-state index >= 15 is 0 Å². The van der Waals surface area contributed by atoms with Crippen molar-refractivity contribution in [1.29, 1.82) is 5.26 Å². The van der Waals surface area contributed by atoms with Crippen molar-refractivity contribution in [3.63, 3.8) is 0 Å². The number of fused-ring (bicyclic) bond motifs is 1. The normalized spacial score (nSPS) is 15.5. The third kappa shape index (κ3) is 3.93. The zero-order valence-corrected chi connectivity index (χ0v) is 16.7. The molecule has 158 valence electrons. The number of pyridine rings is 1. The summed E-state index contributed by atoms with van der Waals surface area (Å²) in [7, 11) is 0. The van der Waals surface area contributed by atoms with Crippen LogP contribution in [0.25, 0.3) is 10.9 Å². The maximum atomic E-state index is 12.3. The van der Waals surface area contributed by atoms with Crippen LogP contribution in [-0.4, -0.2) is 62.8 Å². The van der Waals surface area contributed by atoms with Gasteiger partial charge in [-0.25, -0.2) is 4.98 Å². The smallest absolute Gasteiger partial charge is 0.325 e.